The van der Waals surface area contributed by atoms with Crippen LogP contribution in [-0.2, 0) is 0 Å². The molecule has 3 rings (SSSR count). The molecule has 0 radical (unpaired) electrons. The zero-order valence-corrected chi connectivity index (χ0v) is 12.9. The molecule has 3 aliphatic rings. The SMILES string of the molecule is BC1=CCC(C2CCC(C3CCCCC3)CC2)CC1. The second kappa shape index (κ2) is 6.50. The van der Waals surface area contributed by atoms with Crippen molar-refractivity contribution in [1.29, 1.82) is 0 Å². The fraction of sp³-hybridized carbons (Fsp3) is 0.889. The van der Waals surface area contributed by atoms with Crippen molar-refractivity contribution in [3.05, 3.63) is 11.5 Å². The maximum Gasteiger partial charge on any atom is 0.133 e. The van der Waals surface area contributed by atoms with Gasteiger partial charge in [-0.05, 0) is 68.6 Å². The van der Waals surface area contributed by atoms with Gasteiger partial charge in [0.05, 0.1) is 0 Å². The molecule has 0 aromatic heterocycles. The summed E-state index contributed by atoms with van der Waals surface area (Å²) in [6.45, 7) is 0. The molecule has 0 N–H and O–H groups in total. The molecule has 0 aliphatic heterocycles. The van der Waals surface area contributed by atoms with Crippen LogP contribution in [0.25, 0.3) is 0 Å². The van der Waals surface area contributed by atoms with E-state index in [0.717, 1.165) is 23.7 Å². The van der Waals surface area contributed by atoms with Crippen LogP contribution >= 0.6 is 0 Å². The fourth-order valence-corrected chi connectivity index (χ4v) is 5.11. The van der Waals surface area contributed by atoms with Gasteiger partial charge in [-0.15, -0.1) is 5.47 Å². The maximum absolute atomic E-state index is 2.53. The largest absolute Gasteiger partial charge is 0.133 e. The van der Waals surface area contributed by atoms with Gasteiger partial charge >= 0.3 is 0 Å². The van der Waals surface area contributed by atoms with Crippen LogP contribution < -0.4 is 0 Å². The first-order valence-electron chi connectivity index (χ1n) is 8.98. The molecule has 0 bridgehead atoms. The van der Waals surface area contributed by atoms with Gasteiger partial charge in [-0.3, -0.25) is 0 Å². The van der Waals surface area contributed by atoms with Gasteiger partial charge in [0.2, 0.25) is 0 Å². The van der Waals surface area contributed by atoms with Crippen LogP contribution in [0.4, 0.5) is 0 Å². The molecule has 0 aromatic carbocycles. The first-order chi connectivity index (χ1) is 9.33. The van der Waals surface area contributed by atoms with Crippen molar-refractivity contribution in [3.63, 3.8) is 0 Å². The molecule has 0 aromatic rings. The van der Waals surface area contributed by atoms with Gasteiger partial charge in [0, 0.05) is 0 Å². The molecule has 3 aliphatic carbocycles. The molecule has 0 heterocycles. The summed E-state index contributed by atoms with van der Waals surface area (Å²) in [7, 11) is 2.32. The van der Waals surface area contributed by atoms with Crippen LogP contribution in [-0.4, -0.2) is 7.85 Å². The summed E-state index contributed by atoms with van der Waals surface area (Å²) in [5.74, 6) is 4.33. The van der Waals surface area contributed by atoms with Crippen molar-refractivity contribution < 1.29 is 0 Å². The molecule has 0 saturated heterocycles. The highest BCUT2D eigenvalue weighted by molar-refractivity contribution is 6.21. The number of hydrogen-bond acceptors (Lipinski definition) is 0. The number of rotatable bonds is 2. The third-order valence-electron chi connectivity index (χ3n) is 6.48. The van der Waals surface area contributed by atoms with Crippen LogP contribution in [0.2, 0.25) is 0 Å². The Morgan fingerprint density at radius 2 is 1.26 bits per heavy atom. The van der Waals surface area contributed by atoms with E-state index < -0.39 is 0 Å². The van der Waals surface area contributed by atoms with Gasteiger partial charge in [-0.2, -0.15) is 0 Å². The lowest BCUT2D eigenvalue weighted by Crippen LogP contribution is -2.27. The van der Waals surface area contributed by atoms with E-state index in [9.17, 15) is 0 Å². The van der Waals surface area contributed by atoms with Gasteiger partial charge in [0.1, 0.15) is 7.85 Å². The Labute approximate surface area is 120 Å². The van der Waals surface area contributed by atoms with Gasteiger partial charge in [-0.25, -0.2) is 0 Å². The normalized spacial score (nSPS) is 37.9. The molecule has 2 fully saturated rings. The van der Waals surface area contributed by atoms with Gasteiger partial charge in [0.15, 0.2) is 0 Å². The minimum atomic E-state index is 1.04. The molecular weight excluding hydrogens is 227 g/mol. The Morgan fingerprint density at radius 1 is 0.684 bits per heavy atom. The van der Waals surface area contributed by atoms with Crippen molar-refractivity contribution in [3.8, 4) is 0 Å². The molecular formula is C18H31B. The minimum absolute atomic E-state index is 1.04. The van der Waals surface area contributed by atoms with E-state index in [2.05, 4.69) is 13.9 Å². The van der Waals surface area contributed by atoms with Crippen molar-refractivity contribution >= 4 is 7.85 Å². The van der Waals surface area contributed by atoms with E-state index in [0.29, 0.717) is 0 Å². The average molecular weight is 258 g/mol. The van der Waals surface area contributed by atoms with E-state index in [1.165, 1.54) is 38.5 Å². The summed E-state index contributed by atoms with van der Waals surface area (Å²) in [5.41, 5.74) is 1.65. The molecule has 0 spiro atoms. The van der Waals surface area contributed by atoms with Crippen LogP contribution in [0.1, 0.15) is 77.0 Å². The third kappa shape index (κ3) is 3.47. The second-order valence-electron chi connectivity index (χ2n) is 7.66. The predicted octanol–water partition coefficient (Wildman–Crippen LogP) is 4.69. The summed E-state index contributed by atoms with van der Waals surface area (Å²) in [5, 5.41) is 0. The number of allylic oxidation sites excluding steroid dienone is 2. The summed E-state index contributed by atoms with van der Waals surface area (Å²) < 4.78 is 0. The topological polar surface area (TPSA) is 0 Å². The summed E-state index contributed by atoms with van der Waals surface area (Å²) >= 11 is 0. The van der Waals surface area contributed by atoms with Crippen LogP contribution in [0, 0.1) is 23.7 Å². The molecule has 1 unspecified atom stereocenters. The van der Waals surface area contributed by atoms with E-state index in [1.807, 2.05) is 0 Å². The Balaban J connectivity index is 1.46. The standard InChI is InChI=1S/C18H31B/c19-18-12-10-17(11-13-18)16-8-6-15(7-9-16)14-4-2-1-3-5-14/h12,14-17H,1-11,13,19H2. The predicted molar refractivity (Wildman–Crippen MR) is 86.0 cm³/mol. The van der Waals surface area contributed by atoms with Crippen LogP contribution in [0.3, 0.4) is 0 Å². The lowest BCUT2D eigenvalue weighted by molar-refractivity contribution is 0.135. The molecule has 1 atom stereocenters. The van der Waals surface area contributed by atoms with E-state index in [-0.39, 0.29) is 0 Å². The fourth-order valence-electron chi connectivity index (χ4n) is 5.11. The zero-order valence-electron chi connectivity index (χ0n) is 12.9. The van der Waals surface area contributed by atoms with Crippen LogP contribution in [0.15, 0.2) is 11.5 Å². The molecule has 2 saturated carbocycles. The zero-order chi connectivity index (χ0) is 13.1. The van der Waals surface area contributed by atoms with E-state index in [4.69, 9.17) is 0 Å². The second-order valence-corrected chi connectivity index (χ2v) is 7.66. The Kier molecular flexibility index (Phi) is 4.71. The molecule has 0 amide bonds. The highest BCUT2D eigenvalue weighted by Crippen LogP contribution is 2.44. The molecule has 1 heteroatoms. The summed E-state index contributed by atoms with van der Waals surface area (Å²) in [6, 6.07) is 0. The van der Waals surface area contributed by atoms with E-state index >= 15 is 0 Å². The van der Waals surface area contributed by atoms with E-state index in [1.54, 1.807) is 44.0 Å². The maximum atomic E-state index is 2.53. The smallest absolute Gasteiger partial charge is 0.114 e. The first-order valence-corrected chi connectivity index (χ1v) is 8.98. The van der Waals surface area contributed by atoms with Crippen LogP contribution in [0.5, 0.6) is 0 Å². The summed E-state index contributed by atoms with van der Waals surface area (Å²) in [4.78, 5) is 0. The Bertz CT molecular complexity index is 306. The quantitative estimate of drug-likeness (QED) is 0.630. The van der Waals surface area contributed by atoms with Crippen molar-refractivity contribution in [2.75, 3.05) is 0 Å². The van der Waals surface area contributed by atoms with Gasteiger partial charge < -0.3 is 0 Å². The summed E-state index contributed by atoms with van der Waals surface area (Å²) in [6.07, 6.45) is 20.7. The average Bonchev–Trinajstić information content (AvgIpc) is 2.49. The Hall–Kier alpha value is -0.195. The molecule has 19 heavy (non-hydrogen) atoms. The van der Waals surface area contributed by atoms with Crippen molar-refractivity contribution in [1.82, 2.24) is 0 Å². The number of hydrogen-bond donors (Lipinski definition) is 0. The molecule has 0 nitrogen and oxygen atoms in total. The Morgan fingerprint density at radius 3 is 1.84 bits per heavy atom. The minimum Gasteiger partial charge on any atom is -0.114 e. The highest BCUT2D eigenvalue weighted by atomic mass is 14.4. The third-order valence-corrected chi connectivity index (χ3v) is 6.48. The molecule has 106 valence electrons. The lowest BCUT2D eigenvalue weighted by Gasteiger charge is -2.39. The lowest BCUT2D eigenvalue weighted by atomic mass is 9.66. The first kappa shape index (κ1) is 13.8. The van der Waals surface area contributed by atoms with Gasteiger partial charge in [0.25, 0.3) is 0 Å². The van der Waals surface area contributed by atoms with Gasteiger partial charge in [-0.1, -0.05) is 38.2 Å². The monoisotopic (exact) mass is 258 g/mol. The highest BCUT2D eigenvalue weighted by Gasteiger charge is 2.31. The van der Waals surface area contributed by atoms with Crippen molar-refractivity contribution in [2.45, 2.75) is 77.0 Å². The van der Waals surface area contributed by atoms with Crippen molar-refractivity contribution in [2.24, 2.45) is 23.7 Å².